The summed E-state index contributed by atoms with van der Waals surface area (Å²) >= 11 is 0. The number of hydrogen-bond donors (Lipinski definition) is 1. The van der Waals surface area contributed by atoms with E-state index in [0.717, 1.165) is 0 Å². The maximum Gasteiger partial charge on any atom is 0.338 e. The van der Waals surface area contributed by atoms with Gasteiger partial charge in [0, 0.05) is 11.6 Å². The van der Waals surface area contributed by atoms with Crippen LogP contribution in [-0.2, 0) is 14.9 Å². The van der Waals surface area contributed by atoms with Crippen LogP contribution in [0.4, 0.5) is 10.1 Å². The molecule has 0 aromatic heterocycles. The van der Waals surface area contributed by atoms with E-state index >= 15 is 0 Å². The molecule has 1 aromatic rings. The highest BCUT2D eigenvalue weighted by molar-refractivity contribution is 7.85. The molecule has 0 aliphatic rings. The minimum atomic E-state index is -5.10. The maximum absolute atomic E-state index is 13.5. The van der Waals surface area contributed by atoms with Crippen molar-refractivity contribution < 1.29 is 26.9 Å². The average Bonchev–Trinajstić information content (AvgIpc) is 2.30. The second-order valence-corrected chi connectivity index (χ2v) is 4.95. The van der Waals surface area contributed by atoms with Crippen LogP contribution in [0.5, 0.6) is 5.75 Å². The second kappa shape index (κ2) is 5.75. The van der Waals surface area contributed by atoms with E-state index in [0.29, 0.717) is 12.1 Å². The van der Waals surface area contributed by atoms with Gasteiger partial charge in [0.05, 0.1) is 10.2 Å². The molecule has 1 aromatic carbocycles. The standard InChI is InChI=1S/C10H9FN2O6S/c1-5(2)10(14)19-8-3-6(11)9(20(16,17)18)4-7(8)12-13-15/h3-4H,1H2,2H3,(H,12,15)(H,16,17,18)/p-1. The molecule has 0 bridgehead atoms. The van der Waals surface area contributed by atoms with E-state index in [2.05, 4.69) is 16.6 Å². The Morgan fingerprint density at radius 3 is 2.55 bits per heavy atom. The van der Waals surface area contributed by atoms with E-state index in [4.69, 9.17) is 0 Å². The van der Waals surface area contributed by atoms with Gasteiger partial charge in [-0.15, -0.1) is 4.91 Å². The number of ether oxygens (including phenoxy) is 1. The van der Waals surface area contributed by atoms with E-state index < -0.39 is 38.2 Å². The van der Waals surface area contributed by atoms with Gasteiger partial charge in [-0.05, 0) is 13.0 Å². The molecule has 1 N–H and O–H groups in total. The predicted octanol–water partition coefficient (Wildman–Crippen LogP) is 1.30. The molecule has 8 nitrogen and oxygen atoms in total. The van der Waals surface area contributed by atoms with Crippen molar-refractivity contribution in [3.63, 3.8) is 0 Å². The lowest BCUT2D eigenvalue weighted by molar-refractivity contribution is -0.130. The molecule has 0 unspecified atom stereocenters. The van der Waals surface area contributed by atoms with E-state index in [1.54, 1.807) is 5.43 Å². The van der Waals surface area contributed by atoms with Crippen LogP contribution in [0.2, 0.25) is 0 Å². The molecule has 20 heavy (non-hydrogen) atoms. The molecule has 0 atom stereocenters. The minimum Gasteiger partial charge on any atom is -0.744 e. The number of rotatable bonds is 5. The second-order valence-electron chi connectivity index (χ2n) is 3.61. The smallest absolute Gasteiger partial charge is 0.338 e. The predicted molar refractivity (Wildman–Crippen MR) is 64.2 cm³/mol. The third-order valence-corrected chi connectivity index (χ3v) is 2.87. The zero-order valence-corrected chi connectivity index (χ0v) is 10.9. The number of carbonyl (C=O) groups is 1. The molecule has 108 valence electrons. The summed E-state index contributed by atoms with van der Waals surface area (Å²) in [5.41, 5.74) is 1.28. The third-order valence-electron chi connectivity index (χ3n) is 2.02. The van der Waals surface area contributed by atoms with Crippen molar-refractivity contribution >= 4 is 21.8 Å². The fourth-order valence-electron chi connectivity index (χ4n) is 1.13. The van der Waals surface area contributed by atoms with Crippen LogP contribution in [0, 0.1) is 10.7 Å². The molecule has 0 saturated carbocycles. The van der Waals surface area contributed by atoms with Crippen LogP contribution in [0.3, 0.4) is 0 Å². The van der Waals surface area contributed by atoms with Crippen LogP contribution in [0.1, 0.15) is 6.92 Å². The first kappa shape index (κ1) is 15.7. The fourth-order valence-corrected chi connectivity index (χ4v) is 1.69. The van der Waals surface area contributed by atoms with Gasteiger partial charge in [0.25, 0.3) is 0 Å². The Balaban J connectivity index is 3.38. The molecule has 0 heterocycles. The Morgan fingerprint density at radius 1 is 1.50 bits per heavy atom. The van der Waals surface area contributed by atoms with E-state index in [-0.39, 0.29) is 5.57 Å². The van der Waals surface area contributed by atoms with Gasteiger partial charge < -0.3 is 9.29 Å². The quantitative estimate of drug-likeness (QED) is 0.217. The first-order valence-corrected chi connectivity index (χ1v) is 6.33. The summed E-state index contributed by atoms with van der Waals surface area (Å²) in [6.45, 7) is 4.61. The maximum atomic E-state index is 13.5. The van der Waals surface area contributed by atoms with E-state index in [9.17, 15) is 27.1 Å². The molecule has 10 heteroatoms. The Morgan fingerprint density at radius 2 is 2.10 bits per heavy atom. The van der Waals surface area contributed by atoms with Gasteiger partial charge in [-0.3, -0.25) is 0 Å². The molecule has 0 saturated heterocycles. The molecule has 0 spiro atoms. The Labute approximate surface area is 112 Å². The number of anilines is 1. The monoisotopic (exact) mass is 303 g/mol. The number of nitroso groups, excluding NO2 is 1. The van der Waals surface area contributed by atoms with Gasteiger partial charge >= 0.3 is 5.97 Å². The van der Waals surface area contributed by atoms with Crippen LogP contribution in [0.15, 0.2) is 34.5 Å². The zero-order valence-electron chi connectivity index (χ0n) is 10.0. The Kier molecular flexibility index (Phi) is 4.53. The third kappa shape index (κ3) is 3.59. The lowest BCUT2D eigenvalue weighted by Gasteiger charge is -2.13. The van der Waals surface area contributed by atoms with Gasteiger partial charge in [0.1, 0.15) is 21.6 Å². The highest BCUT2D eigenvalue weighted by Gasteiger charge is 2.18. The number of carbonyl (C=O) groups excluding carboxylic acids is 1. The highest BCUT2D eigenvalue weighted by atomic mass is 32.2. The molecule has 0 radical (unpaired) electrons. The lowest BCUT2D eigenvalue weighted by atomic mass is 10.3. The van der Waals surface area contributed by atoms with Gasteiger partial charge in [0.15, 0.2) is 5.75 Å². The topological polar surface area (TPSA) is 125 Å². The van der Waals surface area contributed by atoms with Crippen LogP contribution in [0.25, 0.3) is 0 Å². The van der Waals surface area contributed by atoms with Crippen molar-refractivity contribution in [1.29, 1.82) is 0 Å². The number of esters is 1. The normalized spacial score (nSPS) is 10.8. The van der Waals surface area contributed by atoms with E-state index in [1.807, 2.05) is 0 Å². The largest absolute Gasteiger partial charge is 0.744 e. The Bertz CT molecular complexity index is 685. The number of nitrogens with one attached hydrogen (secondary N) is 1. The van der Waals surface area contributed by atoms with Crippen molar-refractivity contribution in [2.24, 2.45) is 5.29 Å². The van der Waals surface area contributed by atoms with Crippen LogP contribution >= 0.6 is 0 Å². The summed E-state index contributed by atoms with van der Waals surface area (Å²) in [5.74, 6) is -2.88. The first-order valence-electron chi connectivity index (χ1n) is 4.92. The molecular weight excluding hydrogens is 295 g/mol. The highest BCUT2D eigenvalue weighted by Crippen LogP contribution is 2.30. The van der Waals surface area contributed by atoms with Crippen molar-refractivity contribution in [2.75, 3.05) is 5.43 Å². The number of halogens is 1. The number of hydrogen-bond acceptors (Lipinski definition) is 7. The first-order chi connectivity index (χ1) is 9.16. The van der Waals surface area contributed by atoms with Gasteiger partial charge in [0.2, 0.25) is 0 Å². The van der Waals surface area contributed by atoms with E-state index in [1.165, 1.54) is 6.92 Å². The zero-order chi connectivity index (χ0) is 15.5. The summed E-state index contributed by atoms with van der Waals surface area (Å²) in [4.78, 5) is 20.2. The van der Waals surface area contributed by atoms with Crippen molar-refractivity contribution in [1.82, 2.24) is 0 Å². The SMILES string of the molecule is C=C(C)C(=O)Oc1cc(F)c(S(=O)(=O)[O-])cc1NN=O. The van der Waals surface area contributed by atoms with Gasteiger partial charge in [-0.25, -0.2) is 23.0 Å². The summed E-state index contributed by atoms with van der Waals surface area (Å²) in [6, 6.07) is 0.971. The summed E-state index contributed by atoms with van der Waals surface area (Å²) in [7, 11) is -5.10. The Hall–Kier alpha value is -2.33. The molecular formula is C10H8FN2O6S-. The van der Waals surface area contributed by atoms with Crippen molar-refractivity contribution in [2.45, 2.75) is 11.8 Å². The summed E-state index contributed by atoms with van der Waals surface area (Å²) in [6.07, 6.45) is 0. The molecule has 1 rings (SSSR count). The minimum absolute atomic E-state index is 0.0176. The van der Waals surface area contributed by atoms with Crippen LogP contribution in [-0.4, -0.2) is 18.9 Å². The summed E-state index contributed by atoms with van der Waals surface area (Å²) < 4.78 is 50.6. The molecule has 0 aliphatic carbocycles. The molecule has 0 aliphatic heterocycles. The van der Waals surface area contributed by atoms with Gasteiger partial charge in [-0.2, -0.15) is 0 Å². The fraction of sp³-hybridized carbons (Fsp3) is 0.100. The van der Waals surface area contributed by atoms with Crippen LogP contribution < -0.4 is 10.2 Å². The number of nitrogens with zero attached hydrogens (tertiary/aromatic N) is 1. The van der Waals surface area contributed by atoms with Crippen molar-refractivity contribution in [3.8, 4) is 5.75 Å². The van der Waals surface area contributed by atoms with Gasteiger partial charge in [-0.1, -0.05) is 6.58 Å². The molecule has 0 amide bonds. The van der Waals surface area contributed by atoms with Crippen molar-refractivity contribution in [3.05, 3.63) is 35.0 Å². The average molecular weight is 303 g/mol. The summed E-state index contributed by atoms with van der Waals surface area (Å²) in [5, 5.41) is 2.24. The lowest BCUT2D eigenvalue weighted by Crippen LogP contribution is -2.11. The molecule has 0 fully saturated rings. The number of benzene rings is 1.